The molecule has 0 aliphatic heterocycles. The van der Waals surface area contributed by atoms with Crippen molar-refractivity contribution in [1.29, 1.82) is 0 Å². The number of hydrogen-bond acceptors (Lipinski definition) is 0. The minimum atomic E-state index is 0. The van der Waals surface area contributed by atoms with Crippen LogP contribution in [0.4, 0.5) is 0 Å². The van der Waals surface area contributed by atoms with Crippen molar-refractivity contribution in [2.45, 2.75) is 316 Å². The van der Waals surface area contributed by atoms with E-state index < -0.39 is 0 Å². The molecule has 101 heavy (non-hydrogen) atoms. The Morgan fingerprint density at radius 2 is 0.584 bits per heavy atom. The SMILES string of the molecule is C.C.C.C.C.C/C=C\C.C/C=C\CC.C/C=C\CC.C1=CC1.C1=CC2CCC1CC2.C1=CCC1.CC/C=C\CCCC.[CH-]=CC.[CH-]=CC.[CH-]=CC.[CH-]=CC.[CH-]=CC.[CH-]=CC/C=C\C.[CH-]=CC1CCC(/C=C\C)CC1.[CH-]=CCC.[CH-]=CCC/C=C\C.[CH-]=CCCCC.[Y].[Y].[Y].[Y].[Y].[Y].[Y].[Y].[Y].[Y]. The van der Waals surface area contributed by atoms with Crippen LogP contribution in [-0.4, -0.2) is 0 Å². The molecule has 0 aromatic heterocycles. The smallest absolute Gasteiger partial charge is 0 e. The normalized spacial score (nSPS) is 13.1. The van der Waals surface area contributed by atoms with Crippen LogP contribution >= 0.6 is 0 Å². The fourth-order valence-electron chi connectivity index (χ4n) is 5.79. The van der Waals surface area contributed by atoms with Crippen LogP contribution in [-0.2, 0) is 327 Å². The molecule has 0 nitrogen and oxygen atoms in total. The first-order valence-electron chi connectivity index (χ1n) is 33.2. The van der Waals surface area contributed by atoms with E-state index in [2.05, 4.69) is 133 Å². The molecular weight excluding hydrogens is 1980 g/mol. The Bertz CT molecular complexity index is 1490. The molecule has 6 aliphatic rings. The first kappa shape index (κ1) is 188. The summed E-state index contributed by atoms with van der Waals surface area (Å²) >= 11 is 0. The minimum absolute atomic E-state index is 0. The van der Waals surface area contributed by atoms with Crippen LogP contribution in [0.3, 0.4) is 0 Å². The molecule has 2 bridgehead atoms. The zero-order valence-corrected chi connectivity index (χ0v) is 94.5. The van der Waals surface area contributed by atoms with Crippen LogP contribution < -0.4 is 0 Å². The number of fused-ring (bicyclic) bond motifs is 2. The molecule has 6 aliphatic carbocycles. The second kappa shape index (κ2) is 225. The molecule has 10 heteroatoms. The van der Waals surface area contributed by atoms with E-state index in [9.17, 15) is 0 Å². The molecule has 2 fully saturated rings. The fourth-order valence-corrected chi connectivity index (χ4v) is 5.79. The Hall–Kier alpha value is 5.84. The molecule has 0 N–H and O–H groups in total. The minimum Gasteiger partial charge on any atom is -0.518 e. The molecule has 0 amide bonds. The molecular formula is C91H166Y10-10. The standard InChI is InChI=1S/C11H17.C8H12.C8H16.C7H11.C6H11.C6H9.2C5H10.C4H6.C4H8.C4H7.C3H4.5C3H5.5CH4.10Y/c1-3-5-11-8-6-10(4-2)7-9-11;1-2-8-5-3-7(1)4-6-8;1-3-5-7-8-6-4-2;1-3-5-7-6-4-2;2*1-3-5-6-4-2;2*1-3-5-4-2;1-2-4-3-1;2*1-3-4-2;1-2-3-1;5*1-3-2;;;;;;;;;;;;;;;/h2-5,10-11H,6-9H2,1H3;1-2,7-8H,3-6H2;5,7H,3-4,6,8H2,1-2H3;1,3-4,6H,5,7H2,2H3;1,3H,4-6H2,2H3;1,3-4,6H,5H2,2H3;2*3,5H,4H2,1-2H3;1-2H,3-4H2;3-4H,1-2H3;1,3H,4H2,2H3;1-2H,3H2;5*1,3H,2H3;5*1H4;;;;;;;;;;/q-1;;;3*-1;;;;;-1;;5*-1;;;;;;;;;;;;;;;/b5-3-;;7-5-;6-4-;;6-4-;2*5-3-;;4-3-;;;;;;;;;;;;;;;;;;;;;;. The first-order chi connectivity index (χ1) is 41.7. The Morgan fingerprint density at radius 1 is 0.297 bits per heavy atom. The summed E-state index contributed by atoms with van der Waals surface area (Å²) in [5.74, 6) is 3.47. The van der Waals surface area contributed by atoms with E-state index in [1.807, 2.05) is 84.9 Å². The fraction of sp³-hybridized carbons (Fsp3) is 0.560. The van der Waals surface area contributed by atoms with E-state index >= 15 is 0 Å². The van der Waals surface area contributed by atoms with Gasteiger partial charge in [-0.25, -0.2) is 0 Å². The topological polar surface area (TPSA) is 0 Å². The van der Waals surface area contributed by atoms with Gasteiger partial charge in [-0.1, -0.05) is 286 Å². The summed E-state index contributed by atoms with van der Waals surface area (Å²) in [7, 11) is 0. The maximum Gasteiger partial charge on any atom is 0 e. The molecule has 6 rings (SSSR count). The summed E-state index contributed by atoms with van der Waals surface area (Å²) in [6.45, 7) is 85.1. The predicted molar refractivity (Wildman–Crippen MR) is 441 cm³/mol. The van der Waals surface area contributed by atoms with Gasteiger partial charge in [0.1, 0.15) is 0 Å². The molecule has 0 heterocycles. The summed E-state index contributed by atoms with van der Waals surface area (Å²) in [6.07, 6.45) is 88.8. The van der Waals surface area contributed by atoms with Crippen molar-refractivity contribution in [2.24, 2.45) is 23.7 Å². The molecule has 10 radical (unpaired) electrons. The van der Waals surface area contributed by atoms with Gasteiger partial charge in [-0.15, -0.1) is 0 Å². The number of hydrogen-bond donors (Lipinski definition) is 0. The van der Waals surface area contributed by atoms with Gasteiger partial charge in [0.05, 0.1) is 0 Å². The first-order valence-corrected chi connectivity index (χ1v) is 33.2. The molecule has 0 saturated heterocycles. The number of rotatable bonds is 17. The van der Waals surface area contributed by atoms with E-state index in [-0.39, 0.29) is 364 Å². The van der Waals surface area contributed by atoms with Gasteiger partial charge >= 0.3 is 0 Å². The predicted octanol–water partition coefficient (Wildman–Crippen LogP) is 32.6. The van der Waals surface area contributed by atoms with Crippen LogP contribution in [0.25, 0.3) is 0 Å². The van der Waals surface area contributed by atoms with Crippen LogP contribution in [0.5, 0.6) is 0 Å². The zero-order valence-electron chi connectivity index (χ0n) is 66.1. The van der Waals surface area contributed by atoms with Gasteiger partial charge in [0, 0.05) is 327 Å². The number of allylic oxidation sites excluding steroid dienone is 30. The molecule has 0 aromatic rings. The zero-order chi connectivity index (χ0) is 68.5. The van der Waals surface area contributed by atoms with Gasteiger partial charge in [0.15, 0.2) is 0 Å². The van der Waals surface area contributed by atoms with Crippen LogP contribution in [0.15, 0.2) is 182 Å². The van der Waals surface area contributed by atoms with Crippen molar-refractivity contribution in [2.75, 3.05) is 0 Å². The van der Waals surface area contributed by atoms with Crippen molar-refractivity contribution in [3.63, 3.8) is 0 Å². The second-order valence-electron chi connectivity index (χ2n) is 19.0. The summed E-state index contributed by atoms with van der Waals surface area (Å²) in [5, 5.41) is 0. The molecule has 2 saturated carbocycles. The van der Waals surface area contributed by atoms with Crippen molar-refractivity contribution in [3.05, 3.63) is 248 Å². The third-order valence-electron chi connectivity index (χ3n) is 10.5. The van der Waals surface area contributed by atoms with Gasteiger partial charge in [-0.3, -0.25) is 60.8 Å². The van der Waals surface area contributed by atoms with Crippen LogP contribution in [0, 0.1) is 89.5 Å². The summed E-state index contributed by atoms with van der Waals surface area (Å²) < 4.78 is 0. The second-order valence-corrected chi connectivity index (χ2v) is 19.0. The van der Waals surface area contributed by atoms with Crippen LogP contribution in [0.1, 0.15) is 316 Å². The van der Waals surface area contributed by atoms with Crippen LogP contribution in [0.2, 0.25) is 0 Å². The van der Waals surface area contributed by atoms with Crippen molar-refractivity contribution in [3.8, 4) is 0 Å². The largest absolute Gasteiger partial charge is 0.518 e. The van der Waals surface area contributed by atoms with E-state index in [1.165, 1.54) is 140 Å². The van der Waals surface area contributed by atoms with E-state index in [0.717, 1.165) is 62.7 Å². The van der Waals surface area contributed by atoms with Gasteiger partial charge in [-0.2, -0.15) is 0 Å². The van der Waals surface area contributed by atoms with E-state index in [1.54, 1.807) is 58.9 Å². The Kier molecular flexibility index (Phi) is 419. The molecule has 0 spiro atoms. The van der Waals surface area contributed by atoms with Gasteiger partial charge in [0.2, 0.25) is 0 Å². The molecule has 570 valence electrons. The van der Waals surface area contributed by atoms with Gasteiger partial charge < -0.3 is 65.8 Å². The third-order valence-corrected chi connectivity index (χ3v) is 10.5. The average molecular weight is 2150 g/mol. The Morgan fingerprint density at radius 3 is 0.733 bits per heavy atom. The average Bonchev–Trinajstić information content (AvgIpc) is 1.17. The molecule has 0 unspecified atom stereocenters. The summed E-state index contributed by atoms with van der Waals surface area (Å²) in [4.78, 5) is 0. The van der Waals surface area contributed by atoms with Crippen molar-refractivity contribution < 1.29 is 327 Å². The van der Waals surface area contributed by atoms with Gasteiger partial charge in [0.25, 0.3) is 0 Å². The number of unbranched alkanes of at least 4 members (excludes halogenated alkanes) is 5. The maximum absolute atomic E-state index is 5.48. The van der Waals surface area contributed by atoms with E-state index in [4.69, 9.17) is 65.8 Å². The van der Waals surface area contributed by atoms with E-state index in [0.29, 0.717) is 5.92 Å². The quantitative estimate of drug-likeness (QED) is 0.0774. The third kappa shape index (κ3) is 298. The Labute approximate surface area is 898 Å². The summed E-state index contributed by atoms with van der Waals surface area (Å²) in [6, 6.07) is 0. The summed E-state index contributed by atoms with van der Waals surface area (Å²) in [5.41, 5.74) is 0. The Balaban J connectivity index is -0.0000000232. The van der Waals surface area contributed by atoms with Crippen molar-refractivity contribution in [1.82, 2.24) is 0 Å². The molecule has 0 atom stereocenters. The molecule has 0 aromatic carbocycles. The maximum atomic E-state index is 5.48. The monoisotopic (exact) mass is 2150 g/mol. The van der Waals surface area contributed by atoms with Gasteiger partial charge in [-0.05, 0) is 175 Å². The van der Waals surface area contributed by atoms with Crippen molar-refractivity contribution >= 4 is 0 Å².